The Morgan fingerprint density at radius 1 is 1.03 bits per heavy atom. The minimum atomic E-state index is -0.436. The molecule has 7 heteroatoms. The number of primary amides is 1. The van der Waals surface area contributed by atoms with E-state index in [1.165, 1.54) is 0 Å². The standard InChI is InChI=1S/C23H23N3O3S/c24-22(29)17-1-3-18(4-2-17)23-25-19(14-30-23)13-26-11-9-16(10-12-26)21(28)15-5-7-20(27)8-6-15/h1-8,14,16,27H,9-13H2,(H2,24,29). The molecule has 0 bridgehead atoms. The minimum absolute atomic E-state index is 0.0283. The summed E-state index contributed by atoms with van der Waals surface area (Å²) >= 11 is 1.58. The fraction of sp³-hybridized carbons (Fsp3) is 0.261. The zero-order chi connectivity index (χ0) is 21.1. The summed E-state index contributed by atoms with van der Waals surface area (Å²) in [7, 11) is 0. The van der Waals surface area contributed by atoms with Gasteiger partial charge in [-0.15, -0.1) is 11.3 Å². The summed E-state index contributed by atoms with van der Waals surface area (Å²) in [6.45, 7) is 2.47. The number of likely N-dealkylation sites (tertiary alicyclic amines) is 1. The van der Waals surface area contributed by atoms with Crippen LogP contribution in [-0.4, -0.2) is 39.8 Å². The number of aromatic hydroxyl groups is 1. The second-order valence-electron chi connectivity index (χ2n) is 7.55. The third-order valence-electron chi connectivity index (χ3n) is 5.46. The summed E-state index contributed by atoms with van der Waals surface area (Å²) < 4.78 is 0. The fourth-order valence-corrected chi connectivity index (χ4v) is 4.55. The highest BCUT2D eigenvalue weighted by molar-refractivity contribution is 7.13. The van der Waals surface area contributed by atoms with E-state index in [9.17, 15) is 14.7 Å². The number of amides is 1. The number of nitrogens with two attached hydrogens (primary N) is 1. The lowest BCUT2D eigenvalue weighted by Crippen LogP contribution is -2.36. The number of piperidine rings is 1. The molecule has 30 heavy (non-hydrogen) atoms. The van der Waals surface area contributed by atoms with Gasteiger partial charge in [-0.3, -0.25) is 14.5 Å². The first kappa shape index (κ1) is 20.3. The second-order valence-corrected chi connectivity index (χ2v) is 8.41. The van der Waals surface area contributed by atoms with Gasteiger partial charge in [0.25, 0.3) is 0 Å². The van der Waals surface area contributed by atoms with Crippen molar-refractivity contribution in [3.63, 3.8) is 0 Å². The van der Waals surface area contributed by atoms with E-state index in [-0.39, 0.29) is 17.5 Å². The van der Waals surface area contributed by atoms with E-state index in [1.54, 1.807) is 47.7 Å². The highest BCUT2D eigenvalue weighted by Crippen LogP contribution is 2.27. The summed E-state index contributed by atoms with van der Waals surface area (Å²) in [5, 5.41) is 12.4. The molecular weight excluding hydrogens is 398 g/mol. The number of hydrogen-bond donors (Lipinski definition) is 2. The maximum Gasteiger partial charge on any atom is 0.248 e. The van der Waals surface area contributed by atoms with Crippen molar-refractivity contribution in [3.05, 3.63) is 70.7 Å². The molecule has 1 amide bonds. The molecule has 1 fully saturated rings. The highest BCUT2D eigenvalue weighted by atomic mass is 32.1. The molecule has 0 spiro atoms. The first-order chi connectivity index (χ1) is 14.5. The quantitative estimate of drug-likeness (QED) is 0.592. The Labute approximate surface area is 179 Å². The fourth-order valence-electron chi connectivity index (χ4n) is 3.73. The SMILES string of the molecule is NC(=O)c1ccc(-c2nc(CN3CCC(C(=O)c4ccc(O)cc4)CC3)cs2)cc1. The Balaban J connectivity index is 1.33. The normalized spacial score (nSPS) is 15.2. The number of carbonyl (C=O) groups excluding carboxylic acids is 2. The number of ketones is 1. The van der Waals surface area contributed by atoms with Crippen LogP contribution in [0.3, 0.4) is 0 Å². The number of aromatic nitrogens is 1. The van der Waals surface area contributed by atoms with E-state index < -0.39 is 5.91 Å². The molecule has 2 aromatic carbocycles. The van der Waals surface area contributed by atoms with Crippen LogP contribution in [0, 0.1) is 5.92 Å². The van der Waals surface area contributed by atoms with E-state index in [1.807, 2.05) is 12.1 Å². The van der Waals surface area contributed by atoms with Gasteiger partial charge in [-0.2, -0.15) is 0 Å². The Morgan fingerprint density at radius 2 is 1.67 bits per heavy atom. The van der Waals surface area contributed by atoms with Gasteiger partial charge in [0.2, 0.25) is 5.91 Å². The Morgan fingerprint density at radius 3 is 2.30 bits per heavy atom. The number of phenolic OH excluding ortho intramolecular Hbond substituents is 1. The molecule has 4 rings (SSSR count). The lowest BCUT2D eigenvalue weighted by Gasteiger charge is -2.30. The molecule has 0 aliphatic carbocycles. The zero-order valence-electron chi connectivity index (χ0n) is 16.5. The van der Waals surface area contributed by atoms with Crippen molar-refractivity contribution >= 4 is 23.0 Å². The molecule has 0 saturated carbocycles. The lowest BCUT2D eigenvalue weighted by atomic mass is 9.89. The zero-order valence-corrected chi connectivity index (χ0v) is 17.3. The van der Waals surface area contributed by atoms with Gasteiger partial charge in [-0.05, 0) is 62.3 Å². The predicted octanol–water partition coefficient (Wildman–Crippen LogP) is 3.71. The van der Waals surface area contributed by atoms with E-state index >= 15 is 0 Å². The molecule has 6 nitrogen and oxygen atoms in total. The second kappa shape index (κ2) is 8.77. The van der Waals surface area contributed by atoms with Gasteiger partial charge in [0.15, 0.2) is 5.78 Å². The van der Waals surface area contributed by atoms with Crippen LogP contribution < -0.4 is 5.73 Å². The Bertz CT molecular complexity index is 1040. The van der Waals surface area contributed by atoms with Crippen molar-refractivity contribution in [1.82, 2.24) is 9.88 Å². The monoisotopic (exact) mass is 421 g/mol. The van der Waals surface area contributed by atoms with E-state index in [2.05, 4.69) is 10.3 Å². The molecule has 1 saturated heterocycles. The molecule has 1 aromatic heterocycles. The summed E-state index contributed by atoms with van der Waals surface area (Å²) in [5.74, 6) is -0.0768. The molecule has 0 radical (unpaired) electrons. The van der Waals surface area contributed by atoms with Gasteiger partial charge in [0.1, 0.15) is 10.8 Å². The van der Waals surface area contributed by atoms with Gasteiger partial charge in [0.05, 0.1) is 5.69 Å². The molecular formula is C23H23N3O3S. The van der Waals surface area contributed by atoms with Crippen LogP contribution in [0.25, 0.3) is 10.6 Å². The van der Waals surface area contributed by atoms with Crippen LogP contribution in [0.4, 0.5) is 0 Å². The molecule has 1 aliphatic heterocycles. The third kappa shape index (κ3) is 4.58. The first-order valence-electron chi connectivity index (χ1n) is 9.90. The van der Waals surface area contributed by atoms with Crippen molar-refractivity contribution < 1.29 is 14.7 Å². The molecule has 2 heterocycles. The first-order valence-corrected chi connectivity index (χ1v) is 10.8. The molecule has 3 N–H and O–H groups in total. The number of carbonyl (C=O) groups is 2. The molecule has 154 valence electrons. The van der Waals surface area contributed by atoms with Gasteiger partial charge in [0, 0.05) is 34.5 Å². The lowest BCUT2D eigenvalue weighted by molar-refractivity contribution is 0.0833. The summed E-state index contributed by atoms with van der Waals surface area (Å²) in [4.78, 5) is 30.9. The average Bonchev–Trinajstić information content (AvgIpc) is 3.23. The number of hydrogen-bond acceptors (Lipinski definition) is 6. The summed E-state index contributed by atoms with van der Waals surface area (Å²) in [6.07, 6.45) is 1.65. The number of benzene rings is 2. The summed E-state index contributed by atoms with van der Waals surface area (Å²) in [6, 6.07) is 13.7. The molecule has 0 atom stereocenters. The van der Waals surface area contributed by atoms with Crippen molar-refractivity contribution in [2.24, 2.45) is 11.7 Å². The van der Waals surface area contributed by atoms with Crippen molar-refractivity contribution in [3.8, 4) is 16.3 Å². The molecule has 3 aromatic rings. The van der Waals surface area contributed by atoms with E-state index in [4.69, 9.17) is 10.7 Å². The van der Waals surface area contributed by atoms with Crippen molar-refractivity contribution in [2.75, 3.05) is 13.1 Å². The third-order valence-corrected chi connectivity index (χ3v) is 6.40. The largest absolute Gasteiger partial charge is 0.508 e. The van der Waals surface area contributed by atoms with Gasteiger partial charge >= 0.3 is 0 Å². The summed E-state index contributed by atoms with van der Waals surface area (Å²) in [5.41, 5.74) is 8.42. The molecule has 1 aliphatic rings. The number of Topliss-reactive ketones (excluding diaryl/α,β-unsaturated/α-hetero) is 1. The average molecular weight is 422 g/mol. The Hall–Kier alpha value is -3.03. The number of rotatable bonds is 6. The van der Waals surface area contributed by atoms with E-state index in [0.29, 0.717) is 11.1 Å². The van der Waals surface area contributed by atoms with Gasteiger partial charge < -0.3 is 10.8 Å². The minimum Gasteiger partial charge on any atom is -0.508 e. The van der Waals surface area contributed by atoms with Crippen LogP contribution in [0.15, 0.2) is 53.9 Å². The van der Waals surface area contributed by atoms with Crippen molar-refractivity contribution in [1.29, 1.82) is 0 Å². The number of phenols is 1. The van der Waals surface area contributed by atoms with Crippen molar-refractivity contribution in [2.45, 2.75) is 19.4 Å². The van der Waals surface area contributed by atoms with E-state index in [0.717, 1.165) is 48.7 Å². The van der Waals surface area contributed by atoms with Crippen LogP contribution in [0.2, 0.25) is 0 Å². The maximum atomic E-state index is 12.7. The maximum absolute atomic E-state index is 12.7. The topological polar surface area (TPSA) is 96.5 Å². The highest BCUT2D eigenvalue weighted by Gasteiger charge is 2.26. The van der Waals surface area contributed by atoms with Gasteiger partial charge in [-0.25, -0.2) is 4.98 Å². The van der Waals surface area contributed by atoms with Crippen LogP contribution in [0.1, 0.15) is 39.3 Å². The molecule has 0 unspecified atom stereocenters. The number of nitrogens with zero attached hydrogens (tertiary/aromatic N) is 2. The smallest absolute Gasteiger partial charge is 0.248 e. The predicted molar refractivity (Wildman–Crippen MR) is 117 cm³/mol. The Kier molecular flexibility index (Phi) is 5.92. The number of thiazole rings is 1. The van der Waals surface area contributed by atoms with Gasteiger partial charge in [-0.1, -0.05) is 12.1 Å². The van der Waals surface area contributed by atoms with Crippen LogP contribution >= 0.6 is 11.3 Å². The van der Waals surface area contributed by atoms with Crippen LogP contribution in [0.5, 0.6) is 5.75 Å². The van der Waals surface area contributed by atoms with Crippen LogP contribution in [-0.2, 0) is 6.54 Å².